The molecule has 2 rings (SSSR count). The smallest absolute Gasteiger partial charge is 0.314 e. The molecule has 1 N–H and O–H groups in total. The Morgan fingerprint density at radius 2 is 1.95 bits per heavy atom. The Morgan fingerprint density at radius 1 is 1.25 bits per heavy atom. The number of nitrogens with one attached hydrogen (secondary N) is 1. The molecule has 0 radical (unpaired) electrons. The lowest BCUT2D eigenvalue weighted by molar-refractivity contribution is -0.137. The summed E-state index contributed by atoms with van der Waals surface area (Å²) in [5.74, 6) is 0.829. The molecule has 0 spiro atoms. The van der Waals surface area contributed by atoms with Gasteiger partial charge in [-0.05, 0) is 49.3 Å². The van der Waals surface area contributed by atoms with Crippen LogP contribution in [0.3, 0.4) is 0 Å². The average Bonchev–Trinajstić information content (AvgIpc) is 3.17. The molecule has 1 saturated carbocycles. The third-order valence-corrected chi connectivity index (χ3v) is 3.94. The lowest BCUT2D eigenvalue weighted by Gasteiger charge is -2.22. The predicted octanol–water partition coefficient (Wildman–Crippen LogP) is 4.27. The molecule has 112 valence electrons. The van der Waals surface area contributed by atoms with E-state index < -0.39 is 11.7 Å². The van der Waals surface area contributed by atoms with E-state index in [1.165, 1.54) is 25.0 Å². The highest BCUT2D eigenvalue weighted by Gasteiger charge is 2.30. The van der Waals surface area contributed by atoms with Crippen molar-refractivity contribution in [3.05, 3.63) is 35.4 Å². The highest BCUT2D eigenvalue weighted by Crippen LogP contribution is 2.30. The van der Waals surface area contributed by atoms with Crippen molar-refractivity contribution < 1.29 is 13.2 Å². The quantitative estimate of drug-likeness (QED) is 0.823. The predicted molar refractivity (Wildman–Crippen MR) is 74.5 cm³/mol. The third-order valence-electron chi connectivity index (χ3n) is 3.94. The first-order valence-electron chi connectivity index (χ1n) is 7.26. The van der Waals surface area contributed by atoms with E-state index in [0.29, 0.717) is 24.3 Å². The second-order valence-electron chi connectivity index (χ2n) is 6.09. The van der Waals surface area contributed by atoms with Gasteiger partial charge in [0.05, 0.1) is 5.56 Å². The van der Waals surface area contributed by atoms with Crippen LogP contribution in [0.1, 0.15) is 37.8 Å². The number of halogens is 3. The molecule has 0 bridgehead atoms. The molecule has 1 aliphatic carbocycles. The first-order chi connectivity index (χ1) is 9.36. The van der Waals surface area contributed by atoms with E-state index in [9.17, 15) is 13.2 Å². The van der Waals surface area contributed by atoms with Crippen LogP contribution >= 0.6 is 0 Å². The summed E-state index contributed by atoms with van der Waals surface area (Å²) in [6, 6.07) is 6.35. The van der Waals surface area contributed by atoms with Gasteiger partial charge in [0.25, 0.3) is 0 Å². The van der Waals surface area contributed by atoms with Crippen molar-refractivity contribution in [3.8, 4) is 0 Å². The normalized spacial score (nSPS) is 17.5. The van der Waals surface area contributed by atoms with Gasteiger partial charge in [-0.1, -0.05) is 32.0 Å². The van der Waals surface area contributed by atoms with Gasteiger partial charge >= 0.3 is 6.18 Å². The summed E-state index contributed by atoms with van der Waals surface area (Å²) in [5.41, 5.74) is 0.226. The Kier molecular flexibility index (Phi) is 4.74. The molecule has 1 fully saturated rings. The summed E-state index contributed by atoms with van der Waals surface area (Å²) in [5, 5.41) is 3.48. The zero-order valence-electron chi connectivity index (χ0n) is 12.0. The van der Waals surface area contributed by atoms with Crippen LogP contribution in [0, 0.1) is 11.8 Å². The molecule has 1 aliphatic rings. The van der Waals surface area contributed by atoms with Gasteiger partial charge in [-0.25, -0.2) is 0 Å². The van der Waals surface area contributed by atoms with Gasteiger partial charge in [-0.3, -0.25) is 0 Å². The second-order valence-corrected chi connectivity index (χ2v) is 6.09. The summed E-state index contributed by atoms with van der Waals surface area (Å²) in [6.45, 7) is 5.15. The van der Waals surface area contributed by atoms with Crippen molar-refractivity contribution in [2.24, 2.45) is 11.8 Å². The van der Waals surface area contributed by atoms with Crippen LogP contribution in [-0.2, 0) is 12.6 Å². The Balaban J connectivity index is 2.01. The van der Waals surface area contributed by atoms with Crippen LogP contribution < -0.4 is 5.32 Å². The van der Waals surface area contributed by atoms with Gasteiger partial charge in [-0.15, -0.1) is 0 Å². The molecule has 1 aromatic carbocycles. The van der Waals surface area contributed by atoms with Crippen LogP contribution in [-0.4, -0.2) is 12.6 Å². The van der Waals surface area contributed by atoms with Gasteiger partial charge in [0.2, 0.25) is 0 Å². The monoisotopic (exact) mass is 285 g/mol. The second kappa shape index (κ2) is 6.17. The zero-order valence-corrected chi connectivity index (χ0v) is 12.0. The molecule has 4 heteroatoms. The molecular weight excluding hydrogens is 263 g/mol. The van der Waals surface area contributed by atoms with E-state index in [4.69, 9.17) is 0 Å². The van der Waals surface area contributed by atoms with Crippen LogP contribution in [0.4, 0.5) is 13.2 Å². The van der Waals surface area contributed by atoms with Crippen molar-refractivity contribution >= 4 is 0 Å². The fourth-order valence-corrected chi connectivity index (χ4v) is 2.33. The first kappa shape index (κ1) is 15.4. The molecule has 0 amide bonds. The topological polar surface area (TPSA) is 12.0 Å². The molecule has 0 saturated heterocycles. The Hall–Kier alpha value is -1.03. The lowest BCUT2D eigenvalue weighted by Crippen LogP contribution is -2.29. The number of benzene rings is 1. The fourth-order valence-electron chi connectivity index (χ4n) is 2.33. The minimum Gasteiger partial charge on any atom is -0.314 e. The molecule has 1 unspecified atom stereocenters. The van der Waals surface area contributed by atoms with Crippen LogP contribution in [0.15, 0.2) is 24.3 Å². The van der Waals surface area contributed by atoms with Crippen molar-refractivity contribution in [1.82, 2.24) is 5.32 Å². The minimum atomic E-state index is -4.25. The average molecular weight is 285 g/mol. The van der Waals surface area contributed by atoms with E-state index >= 15 is 0 Å². The van der Waals surface area contributed by atoms with Crippen LogP contribution in [0.2, 0.25) is 0 Å². The molecule has 1 atom stereocenters. The van der Waals surface area contributed by atoms with Gasteiger partial charge in [0, 0.05) is 6.04 Å². The summed E-state index contributed by atoms with van der Waals surface area (Å²) in [6.07, 6.45) is -1.10. The maximum Gasteiger partial charge on any atom is 0.416 e. The van der Waals surface area contributed by atoms with Crippen molar-refractivity contribution in [2.75, 3.05) is 6.54 Å². The third kappa shape index (κ3) is 4.51. The van der Waals surface area contributed by atoms with E-state index in [1.54, 1.807) is 6.07 Å². The highest BCUT2D eigenvalue weighted by molar-refractivity contribution is 5.26. The first-order valence-corrected chi connectivity index (χ1v) is 7.26. The van der Waals surface area contributed by atoms with Crippen LogP contribution in [0.5, 0.6) is 0 Å². The van der Waals surface area contributed by atoms with E-state index in [-0.39, 0.29) is 0 Å². The molecule has 1 aromatic rings. The van der Waals surface area contributed by atoms with E-state index in [2.05, 4.69) is 19.2 Å². The summed E-state index contributed by atoms with van der Waals surface area (Å²) in [7, 11) is 0. The molecule has 1 nitrogen and oxygen atoms in total. The number of hydrogen-bond donors (Lipinski definition) is 1. The number of hydrogen-bond acceptors (Lipinski definition) is 1. The van der Waals surface area contributed by atoms with Gasteiger partial charge < -0.3 is 5.32 Å². The Labute approximate surface area is 118 Å². The number of alkyl halides is 3. The molecule has 0 heterocycles. The van der Waals surface area contributed by atoms with Crippen molar-refractivity contribution in [1.29, 1.82) is 0 Å². The molecule has 20 heavy (non-hydrogen) atoms. The maximum atomic E-state index is 12.7. The minimum absolute atomic E-state index is 0.374. The lowest BCUT2D eigenvalue weighted by atomic mass is 9.88. The summed E-state index contributed by atoms with van der Waals surface area (Å²) in [4.78, 5) is 0. The fraction of sp³-hybridized carbons (Fsp3) is 0.625. The van der Waals surface area contributed by atoms with Crippen molar-refractivity contribution in [2.45, 2.75) is 45.3 Å². The zero-order chi connectivity index (χ0) is 14.8. The SMILES string of the molecule is CC(C)C(CNC1CC1)Cc1cccc(C(F)(F)F)c1. The molecule has 0 aliphatic heterocycles. The molecular formula is C16H22F3N. The highest BCUT2D eigenvalue weighted by atomic mass is 19.4. The van der Waals surface area contributed by atoms with Crippen LogP contribution in [0.25, 0.3) is 0 Å². The maximum absolute atomic E-state index is 12.7. The standard InChI is InChI=1S/C16H22F3N/c1-11(2)13(10-20-15-6-7-15)8-12-4-3-5-14(9-12)16(17,18)19/h3-5,9,11,13,15,20H,6-8,10H2,1-2H3. The van der Waals surface area contributed by atoms with E-state index in [1.807, 2.05) is 0 Å². The van der Waals surface area contributed by atoms with Gasteiger partial charge in [0.15, 0.2) is 0 Å². The Bertz CT molecular complexity index is 436. The van der Waals surface area contributed by atoms with E-state index in [0.717, 1.165) is 18.2 Å². The molecule has 0 aromatic heterocycles. The number of rotatable bonds is 6. The Morgan fingerprint density at radius 3 is 2.50 bits per heavy atom. The summed E-state index contributed by atoms with van der Waals surface area (Å²) < 4.78 is 38.1. The van der Waals surface area contributed by atoms with Crippen molar-refractivity contribution in [3.63, 3.8) is 0 Å². The summed E-state index contributed by atoms with van der Waals surface area (Å²) >= 11 is 0. The van der Waals surface area contributed by atoms with Gasteiger partial charge in [0.1, 0.15) is 0 Å². The largest absolute Gasteiger partial charge is 0.416 e. The van der Waals surface area contributed by atoms with Gasteiger partial charge in [-0.2, -0.15) is 13.2 Å².